The Morgan fingerprint density at radius 3 is 1.28 bits per heavy atom. The number of rotatable bonds is 4. The molecular weight excluding hydrogens is 220 g/mol. The maximum atomic E-state index is 9.01. The van der Waals surface area contributed by atoms with Gasteiger partial charge < -0.3 is 0 Å². The topological polar surface area (TPSA) is 47.6 Å². The van der Waals surface area contributed by atoms with E-state index in [1.54, 1.807) is 0 Å². The van der Waals surface area contributed by atoms with Crippen molar-refractivity contribution >= 4 is 0 Å². The van der Waals surface area contributed by atoms with Crippen LogP contribution in [0.2, 0.25) is 0 Å². The lowest BCUT2D eigenvalue weighted by molar-refractivity contribution is 0.489. The second-order valence-corrected chi connectivity index (χ2v) is 6.16. The molecule has 1 aromatic carbocycles. The highest BCUT2D eigenvalue weighted by Gasteiger charge is 2.19. The van der Waals surface area contributed by atoms with Gasteiger partial charge >= 0.3 is 0 Å². The fourth-order valence-corrected chi connectivity index (χ4v) is 1.87. The van der Waals surface area contributed by atoms with Gasteiger partial charge in [-0.25, -0.2) is 0 Å². The molecule has 0 unspecified atom stereocenters. The Bertz CT molecular complexity index is 434. The summed E-state index contributed by atoms with van der Waals surface area (Å²) in [5.74, 6) is 0. The van der Waals surface area contributed by atoms with Gasteiger partial charge in [-0.3, -0.25) is 0 Å². The van der Waals surface area contributed by atoms with Gasteiger partial charge in [0, 0.05) is 0 Å². The van der Waals surface area contributed by atoms with Gasteiger partial charge in [-0.15, -0.1) is 0 Å². The zero-order valence-corrected chi connectivity index (χ0v) is 11.6. The molecule has 0 aliphatic carbocycles. The van der Waals surface area contributed by atoms with E-state index in [0.29, 0.717) is 0 Å². The number of nitrogens with zero attached hydrogens (tertiary/aromatic N) is 2. The van der Waals surface area contributed by atoms with E-state index in [2.05, 4.69) is 36.4 Å². The monoisotopic (exact) mass is 240 g/mol. The summed E-state index contributed by atoms with van der Waals surface area (Å²) in [4.78, 5) is 0. The Kier molecular flexibility index (Phi) is 4.15. The van der Waals surface area contributed by atoms with Gasteiger partial charge in [0.2, 0.25) is 0 Å². The number of hydrogen-bond donors (Lipinski definition) is 0. The molecule has 0 aliphatic heterocycles. The van der Waals surface area contributed by atoms with Crippen LogP contribution in [-0.2, 0) is 12.8 Å². The van der Waals surface area contributed by atoms with Crippen LogP contribution in [0.25, 0.3) is 0 Å². The summed E-state index contributed by atoms with van der Waals surface area (Å²) in [5.41, 5.74) is 1.68. The molecule has 94 valence electrons. The molecule has 0 radical (unpaired) electrons. The van der Waals surface area contributed by atoms with Gasteiger partial charge in [0.25, 0.3) is 0 Å². The minimum atomic E-state index is -0.326. The number of nitriles is 2. The van der Waals surface area contributed by atoms with Gasteiger partial charge in [0.15, 0.2) is 0 Å². The molecule has 0 saturated heterocycles. The molecule has 0 heterocycles. The van der Waals surface area contributed by atoms with E-state index in [9.17, 15) is 0 Å². The van der Waals surface area contributed by atoms with Gasteiger partial charge in [-0.05, 0) is 51.7 Å². The smallest absolute Gasteiger partial charge is 0.0687 e. The third-order valence-electron chi connectivity index (χ3n) is 2.92. The molecule has 18 heavy (non-hydrogen) atoms. The van der Waals surface area contributed by atoms with Crippen LogP contribution in [0.4, 0.5) is 0 Å². The maximum Gasteiger partial charge on any atom is 0.0687 e. The molecule has 0 fully saturated rings. The van der Waals surface area contributed by atoms with Crippen LogP contribution in [0.5, 0.6) is 0 Å². The third-order valence-corrected chi connectivity index (χ3v) is 2.92. The molecule has 0 atom stereocenters. The molecule has 0 aromatic heterocycles. The normalized spacial score (nSPS) is 11.7. The summed E-state index contributed by atoms with van der Waals surface area (Å²) in [6, 6.07) is 12.8. The van der Waals surface area contributed by atoms with Crippen LogP contribution in [0.1, 0.15) is 38.8 Å². The van der Waals surface area contributed by atoms with Gasteiger partial charge in [0.1, 0.15) is 0 Å². The fraction of sp³-hybridized carbons (Fsp3) is 0.500. The van der Waals surface area contributed by atoms with Crippen LogP contribution >= 0.6 is 0 Å². The summed E-state index contributed by atoms with van der Waals surface area (Å²) in [5, 5.41) is 18.0. The first-order chi connectivity index (χ1) is 8.28. The van der Waals surface area contributed by atoms with Crippen molar-refractivity contribution in [3.05, 3.63) is 35.4 Å². The predicted octanol–water partition coefficient (Wildman–Crippen LogP) is 3.87. The van der Waals surface area contributed by atoms with E-state index in [0.717, 1.165) is 12.8 Å². The zero-order chi connectivity index (χ0) is 13.8. The average Bonchev–Trinajstić information content (AvgIpc) is 2.31. The first-order valence-electron chi connectivity index (χ1n) is 6.18. The van der Waals surface area contributed by atoms with Crippen molar-refractivity contribution in [2.24, 2.45) is 10.8 Å². The van der Waals surface area contributed by atoms with Crippen LogP contribution in [0, 0.1) is 33.5 Å². The van der Waals surface area contributed by atoms with E-state index in [1.807, 2.05) is 27.7 Å². The predicted molar refractivity (Wildman–Crippen MR) is 72.6 cm³/mol. The van der Waals surface area contributed by atoms with Crippen molar-refractivity contribution in [2.45, 2.75) is 40.5 Å². The second-order valence-electron chi connectivity index (χ2n) is 6.16. The largest absolute Gasteiger partial charge is 0.198 e. The van der Waals surface area contributed by atoms with E-state index in [-0.39, 0.29) is 10.8 Å². The van der Waals surface area contributed by atoms with Crippen LogP contribution in [0.3, 0.4) is 0 Å². The second kappa shape index (κ2) is 5.23. The van der Waals surface area contributed by atoms with Gasteiger partial charge in [-0.1, -0.05) is 24.3 Å². The van der Waals surface area contributed by atoms with Crippen molar-refractivity contribution in [1.82, 2.24) is 0 Å². The maximum absolute atomic E-state index is 9.01. The molecule has 0 aliphatic rings. The van der Waals surface area contributed by atoms with Crippen molar-refractivity contribution in [3.63, 3.8) is 0 Å². The Balaban J connectivity index is 2.77. The van der Waals surface area contributed by atoms with Crippen molar-refractivity contribution < 1.29 is 0 Å². The molecular formula is C16H20N2. The van der Waals surface area contributed by atoms with Crippen molar-refractivity contribution in [3.8, 4) is 12.1 Å². The molecule has 2 nitrogen and oxygen atoms in total. The fourth-order valence-electron chi connectivity index (χ4n) is 1.87. The van der Waals surface area contributed by atoms with Crippen LogP contribution in [0.15, 0.2) is 24.3 Å². The number of benzene rings is 1. The summed E-state index contributed by atoms with van der Waals surface area (Å²) in [7, 11) is 0. The Morgan fingerprint density at radius 1 is 0.778 bits per heavy atom. The molecule has 2 heteroatoms. The van der Waals surface area contributed by atoms with E-state index in [4.69, 9.17) is 10.5 Å². The molecule has 0 bridgehead atoms. The highest BCUT2D eigenvalue weighted by Crippen LogP contribution is 2.23. The average molecular weight is 240 g/mol. The van der Waals surface area contributed by atoms with Gasteiger partial charge in [-0.2, -0.15) is 10.5 Å². The first kappa shape index (κ1) is 14.3. The molecule has 0 N–H and O–H groups in total. The first-order valence-corrected chi connectivity index (χ1v) is 6.18. The highest BCUT2D eigenvalue weighted by atomic mass is 14.3. The van der Waals surface area contributed by atoms with E-state index < -0.39 is 0 Å². The van der Waals surface area contributed by atoms with Crippen LogP contribution < -0.4 is 0 Å². The lowest BCUT2D eigenvalue weighted by atomic mass is 9.85. The molecule has 1 aromatic rings. The standard InChI is InChI=1S/C16H20N2/c1-15(2,11-17)9-13-5-7-14(8-6-13)10-16(3,4)12-18/h5-8H,9-10H2,1-4H3. The minimum Gasteiger partial charge on any atom is -0.198 e. The van der Waals surface area contributed by atoms with Gasteiger partial charge in [0.05, 0.1) is 23.0 Å². The SMILES string of the molecule is CC(C)(C#N)Cc1ccc(CC(C)(C)C#N)cc1. The zero-order valence-electron chi connectivity index (χ0n) is 11.6. The van der Waals surface area contributed by atoms with E-state index in [1.165, 1.54) is 11.1 Å². The highest BCUT2D eigenvalue weighted by molar-refractivity contribution is 5.26. The quantitative estimate of drug-likeness (QED) is 0.802. The Labute approximate surface area is 110 Å². The summed E-state index contributed by atoms with van der Waals surface area (Å²) >= 11 is 0. The summed E-state index contributed by atoms with van der Waals surface area (Å²) in [6.45, 7) is 7.78. The van der Waals surface area contributed by atoms with Crippen LogP contribution in [-0.4, -0.2) is 0 Å². The lowest BCUT2D eigenvalue weighted by Crippen LogP contribution is -2.13. The summed E-state index contributed by atoms with van der Waals surface area (Å²) in [6.07, 6.45) is 1.51. The lowest BCUT2D eigenvalue weighted by Gasteiger charge is -2.17. The summed E-state index contributed by atoms with van der Waals surface area (Å²) < 4.78 is 0. The van der Waals surface area contributed by atoms with Crippen molar-refractivity contribution in [2.75, 3.05) is 0 Å². The minimum absolute atomic E-state index is 0.326. The van der Waals surface area contributed by atoms with E-state index >= 15 is 0 Å². The number of hydrogen-bond acceptors (Lipinski definition) is 2. The molecule has 0 amide bonds. The Morgan fingerprint density at radius 2 is 1.06 bits per heavy atom. The van der Waals surface area contributed by atoms with Crippen molar-refractivity contribution in [1.29, 1.82) is 10.5 Å². The molecule has 1 rings (SSSR count). The molecule has 0 spiro atoms. The Hall–Kier alpha value is -1.80. The third kappa shape index (κ3) is 4.22. The molecule has 0 saturated carbocycles.